The lowest BCUT2D eigenvalue weighted by Gasteiger charge is -2.16. The Morgan fingerprint density at radius 3 is 2.09 bits per heavy atom. The highest BCUT2D eigenvalue weighted by atomic mass is 32.2. The van der Waals surface area contributed by atoms with Crippen LogP contribution < -0.4 is 9.62 Å². The van der Waals surface area contributed by atoms with Gasteiger partial charge in [-0.15, -0.1) is 0 Å². The third kappa shape index (κ3) is 3.94. The summed E-state index contributed by atoms with van der Waals surface area (Å²) in [6.07, 6.45) is 0. The number of benzene rings is 1. The van der Waals surface area contributed by atoms with Crippen molar-refractivity contribution in [1.29, 1.82) is 0 Å². The smallest absolute Gasteiger partial charge is 0.237 e. The predicted octanol–water partition coefficient (Wildman–Crippen LogP) is 2.10. The van der Waals surface area contributed by atoms with Crippen molar-refractivity contribution in [3.8, 4) is 0 Å². The van der Waals surface area contributed by atoms with Crippen molar-refractivity contribution >= 4 is 21.7 Å². The molecule has 0 saturated heterocycles. The summed E-state index contributed by atoms with van der Waals surface area (Å²) in [7, 11) is 0.172. The second-order valence-corrected chi connectivity index (χ2v) is 7.03. The zero-order valence-electron chi connectivity index (χ0n) is 13.2. The quantitative estimate of drug-likeness (QED) is 0.913. The first-order valence-electron chi connectivity index (χ1n) is 6.85. The number of nitrogens with one attached hydrogen (secondary N) is 1. The molecule has 0 atom stereocenters. The van der Waals surface area contributed by atoms with Crippen LogP contribution >= 0.6 is 0 Å². The number of aryl methyl sites for hydroxylation is 2. The van der Waals surface area contributed by atoms with E-state index in [0.29, 0.717) is 23.0 Å². The molecule has 0 unspecified atom stereocenters. The highest BCUT2D eigenvalue weighted by Crippen LogP contribution is 2.21. The lowest BCUT2D eigenvalue weighted by molar-refractivity contribution is 0.600. The van der Waals surface area contributed by atoms with Gasteiger partial charge >= 0.3 is 0 Å². The first kappa shape index (κ1) is 16.2. The van der Waals surface area contributed by atoms with Gasteiger partial charge in [0.05, 0.1) is 22.8 Å². The van der Waals surface area contributed by atoms with Gasteiger partial charge in [-0.25, -0.2) is 18.4 Å². The fourth-order valence-corrected chi connectivity index (χ4v) is 3.34. The van der Waals surface area contributed by atoms with E-state index in [-0.39, 0.29) is 5.75 Å². The molecule has 0 radical (unpaired) electrons. The molecular weight excluding hydrogens is 300 g/mol. The maximum absolute atomic E-state index is 12.3. The molecule has 2 rings (SSSR count). The largest absolute Gasteiger partial charge is 0.347 e. The standard InChI is InChI=1S/C15H20N4O2S/c1-11-14(12(2)17-15(16-11)19(3)4)18-22(20,21)10-13-8-6-5-7-9-13/h5-9,18H,10H2,1-4H3. The molecule has 1 heterocycles. The van der Waals surface area contributed by atoms with Crippen LogP contribution in [0.5, 0.6) is 0 Å². The second-order valence-electron chi connectivity index (χ2n) is 5.31. The van der Waals surface area contributed by atoms with Crippen molar-refractivity contribution in [3.63, 3.8) is 0 Å². The van der Waals surface area contributed by atoms with Crippen molar-refractivity contribution in [3.05, 3.63) is 47.3 Å². The van der Waals surface area contributed by atoms with Gasteiger partial charge in [0.25, 0.3) is 0 Å². The van der Waals surface area contributed by atoms with E-state index in [1.54, 1.807) is 30.9 Å². The van der Waals surface area contributed by atoms with Crippen LogP contribution in [0.15, 0.2) is 30.3 Å². The third-order valence-corrected chi connectivity index (χ3v) is 4.34. The van der Waals surface area contributed by atoms with Crippen molar-refractivity contribution < 1.29 is 8.42 Å². The molecule has 1 aromatic carbocycles. The lowest BCUT2D eigenvalue weighted by atomic mass is 10.2. The van der Waals surface area contributed by atoms with E-state index in [2.05, 4.69) is 14.7 Å². The van der Waals surface area contributed by atoms with Crippen molar-refractivity contribution in [2.75, 3.05) is 23.7 Å². The number of rotatable bonds is 5. The SMILES string of the molecule is Cc1nc(N(C)C)nc(C)c1NS(=O)(=O)Cc1ccccc1. The molecule has 6 nitrogen and oxygen atoms in total. The molecule has 0 aliphatic rings. The molecule has 0 aliphatic heterocycles. The van der Waals surface area contributed by atoms with Gasteiger partial charge in [0, 0.05) is 14.1 Å². The minimum Gasteiger partial charge on any atom is -0.347 e. The Kier molecular flexibility index (Phi) is 4.65. The Labute approximate surface area is 131 Å². The van der Waals surface area contributed by atoms with Crippen LogP contribution in [-0.4, -0.2) is 32.5 Å². The summed E-state index contributed by atoms with van der Waals surface area (Å²) >= 11 is 0. The predicted molar refractivity (Wildman–Crippen MR) is 88.5 cm³/mol. The van der Waals surface area contributed by atoms with Gasteiger partial charge in [0.2, 0.25) is 16.0 Å². The highest BCUT2D eigenvalue weighted by Gasteiger charge is 2.17. The highest BCUT2D eigenvalue weighted by molar-refractivity contribution is 7.91. The number of nitrogens with zero attached hydrogens (tertiary/aromatic N) is 3. The van der Waals surface area contributed by atoms with Crippen LogP contribution in [-0.2, 0) is 15.8 Å². The minimum absolute atomic E-state index is 0.0812. The first-order valence-corrected chi connectivity index (χ1v) is 8.51. The number of aromatic nitrogens is 2. The fraction of sp³-hybridized carbons (Fsp3) is 0.333. The van der Waals surface area contributed by atoms with Gasteiger partial charge in [0.15, 0.2) is 0 Å². The third-order valence-electron chi connectivity index (χ3n) is 3.12. The van der Waals surface area contributed by atoms with Crippen LogP contribution in [0.25, 0.3) is 0 Å². The Hall–Kier alpha value is -2.15. The van der Waals surface area contributed by atoms with E-state index >= 15 is 0 Å². The Morgan fingerprint density at radius 2 is 1.59 bits per heavy atom. The lowest BCUT2D eigenvalue weighted by Crippen LogP contribution is -2.19. The summed E-state index contributed by atoms with van der Waals surface area (Å²) < 4.78 is 27.2. The van der Waals surface area contributed by atoms with E-state index in [0.717, 1.165) is 5.56 Å². The van der Waals surface area contributed by atoms with Gasteiger partial charge in [-0.3, -0.25) is 4.72 Å². The summed E-state index contributed by atoms with van der Waals surface area (Å²) in [6, 6.07) is 9.05. The molecule has 0 saturated carbocycles. The molecule has 118 valence electrons. The van der Waals surface area contributed by atoms with Crippen molar-refractivity contribution in [2.45, 2.75) is 19.6 Å². The summed E-state index contributed by atoms with van der Waals surface area (Å²) in [4.78, 5) is 10.4. The monoisotopic (exact) mass is 320 g/mol. The second kappa shape index (κ2) is 6.31. The van der Waals surface area contributed by atoms with E-state index < -0.39 is 10.0 Å². The summed E-state index contributed by atoms with van der Waals surface area (Å²) in [5, 5.41) is 0. The minimum atomic E-state index is -3.51. The summed E-state index contributed by atoms with van der Waals surface area (Å²) in [6.45, 7) is 3.53. The van der Waals surface area contributed by atoms with Crippen LogP contribution in [0.1, 0.15) is 17.0 Å². The normalized spacial score (nSPS) is 11.3. The van der Waals surface area contributed by atoms with Gasteiger partial charge in [-0.05, 0) is 19.4 Å². The number of hydrogen-bond acceptors (Lipinski definition) is 5. The van der Waals surface area contributed by atoms with Crippen LogP contribution in [0, 0.1) is 13.8 Å². The molecule has 7 heteroatoms. The van der Waals surface area contributed by atoms with E-state index in [9.17, 15) is 8.42 Å². The van der Waals surface area contributed by atoms with Crippen LogP contribution in [0.3, 0.4) is 0 Å². The molecule has 0 spiro atoms. The molecule has 1 aromatic heterocycles. The summed E-state index contributed by atoms with van der Waals surface area (Å²) in [5.41, 5.74) is 2.39. The van der Waals surface area contributed by atoms with E-state index in [1.165, 1.54) is 0 Å². The molecule has 0 amide bonds. The maximum Gasteiger partial charge on any atom is 0.237 e. The molecule has 0 aliphatic carbocycles. The molecular formula is C15H20N4O2S. The average molecular weight is 320 g/mol. The molecule has 22 heavy (non-hydrogen) atoms. The Bertz CT molecular complexity index is 735. The fourth-order valence-electron chi connectivity index (χ4n) is 2.03. The van der Waals surface area contributed by atoms with Gasteiger partial charge < -0.3 is 4.90 Å². The van der Waals surface area contributed by atoms with Crippen molar-refractivity contribution in [2.24, 2.45) is 0 Å². The van der Waals surface area contributed by atoms with Crippen LogP contribution in [0.4, 0.5) is 11.6 Å². The van der Waals surface area contributed by atoms with Gasteiger partial charge in [0.1, 0.15) is 0 Å². The molecule has 0 fully saturated rings. The van der Waals surface area contributed by atoms with Crippen LogP contribution in [0.2, 0.25) is 0 Å². The van der Waals surface area contributed by atoms with E-state index in [1.807, 2.05) is 32.3 Å². The number of anilines is 2. The average Bonchev–Trinajstić information content (AvgIpc) is 2.43. The van der Waals surface area contributed by atoms with Gasteiger partial charge in [-0.1, -0.05) is 30.3 Å². The summed E-state index contributed by atoms with van der Waals surface area (Å²) in [5.74, 6) is 0.475. The number of hydrogen-bond donors (Lipinski definition) is 1. The van der Waals surface area contributed by atoms with Gasteiger partial charge in [-0.2, -0.15) is 0 Å². The first-order chi connectivity index (χ1) is 10.3. The molecule has 2 aromatic rings. The number of sulfonamides is 1. The Morgan fingerprint density at radius 1 is 1.05 bits per heavy atom. The van der Waals surface area contributed by atoms with E-state index in [4.69, 9.17) is 0 Å². The zero-order chi connectivity index (χ0) is 16.3. The molecule has 1 N–H and O–H groups in total. The maximum atomic E-state index is 12.3. The Balaban J connectivity index is 2.26. The zero-order valence-corrected chi connectivity index (χ0v) is 14.0. The van der Waals surface area contributed by atoms with Crippen molar-refractivity contribution in [1.82, 2.24) is 9.97 Å². The molecule has 0 bridgehead atoms. The topological polar surface area (TPSA) is 75.2 Å².